The highest BCUT2D eigenvalue weighted by Gasteiger charge is 2.27. The lowest BCUT2D eigenvalue weighted by molar-refractivity contribution is 0.390. The molecule has 0 aliphatic rings. The van der Waals surface area contributed by atoms with Crippen LogP contribution in [0.4, 0.5) is 0 Å². The quantitative estimate of drug-likeness (QED) is 0.634. The van der Waals surface area contributed by atoms with Crippen molar-refractivity contribution < 1.29 is 12.9 Å². The Morgan fingerprint density at radius 3 is 2.35 bits per heavy atom. The second kappa shape index (κ2) is 5.66. The van der Waals surface area contributed by atoms with Gasteiger partial charge < -0.3 is 4.52 Å². The Morgan fingerprint density at radius 1 is 1.41 bits per heavy atom. The number of aryl methyl sites for hydroxylation is 2. The Hall–Kier alpha value is -0.150. The molecule has 0 saturated carbocycles. The average Bonchev–Trinajstić information content (AvgIpc) is 2.55. The zero-order chi connectivity index (χ0) is 13.2. The van der Waals surface area contributed by atoms with Crippen molar-refractivity contribution in [3.63, 3.8) is 0 Å². The summed E-state index contributed by atoms with van der Waals surface area (Å²) in [5.74, 6) is 0.563. The first kappa shape index (κ1) is 14.9. The van der Waals surface area contributed by atoms with E-state index >= 15 is 0 Å². The van der Waals surface area contributed by atoms with Gasteiger partial charge in [0, 0.05) is 10.5 Å². The SMILES string of the molecule is Cc1noc(C)c1S(=O)(=O)NC(CI)C(C)C. The summed E-state index contributed by atoms with van der Waals surface area (Å²) >= 11 is 2.17. The van der Waals surface area contributed by atoms with Crippen molar-refractivity contribution in [2.24, 2.45) is 5.92 Å². The highest BCUT2D eigenvalue weighted by Crippen LogP contribution is 2.20. The van der Waals surface area contributed by atoms with E-state index in [4.69, 9.17) is 4.52 Å². The summed E-state index contributed by atoms with van der Waals surface area (Å²) in [6.07, 6.45) is 0. The minimum Gasteiger partial charge on any atom is -0.360 e. The fraction of sp³-hybridized carbons (Fsp3) is 0.700. The smallest absolute Gasteiger partial charge is 0.246 e. The lowest BCUT2D eigenvalue weighted by Crippen LogP contribution is -2.39. The van der Waals surface area contributed by atoms with Gasteiger partial charge in [-0.1, -0.05) is 41.6 Å². The van der Waals surface area contributed by atoms with Crippen LogP contribution in [0.3, 0.4) is 0 Å². The zero-order valence-electron chi connectivity index (χ0n) is 10.3. The third kappa shape index (κ3) is 3.41. The lowest BCUT2D eigenvalue weighted by atomic mass is 10.1. The van der Waals surface area contributed by atoms with Crippen LogP contribution in [0, 0.1) is 19.8 Å². The summed E-state index contributed by atoms with van der Waals surface area (Å²) in [7, 11) is -3.55. The Kier molecular flexibility index (Phi) is 4.96. The highest BCUT2D eigenvalue weighted by atomic mass is 127. The van der Waals surface area contributed by atoms with Crippen LogP contribution in [0.2, 0.25) is 0 Å². The number of rotatable bonds is 5. The molecule has 1 atom stereocenters. The van der Waals surface area contributed by atoms with Crippen LogP contribution >= 0.6 is 22.6 Å². The van der Waals surface area contributed by atoms with Gasteiger partial charge in [-0.3, -0.25) is 0 Å². The highest BCUT2D eigenvalue weighted by molar-refractivity contribution is 14.1. The number of nitrogens with one attached hydrogen (secondary N) is 1. The molecule has 7 heteroatoms. The van der Waals surface area contributed by atoms with E-state index in [2.05, 4.69) is 32.5 Å². The minimum atomic E-state index is -3.55. The van der Waals surface area contributed by atoms with Gasteiger partial charge in [0.25, 0.3) is 0 Å². The maximum atomic E-state index is 12.2. The largest absolute Gasteiger partial charge is 0.360 e. The van der Waals surface area contributed by atoms with Crippen LogP contribution < -0.4 is 4.72 Å². The molecule has 0 bridgehead atoms. The van der Waals surface area contributed by atoms with Crippen molar-refractivity contribution in [2.45, 2.75) is 38.6 Å². The fourth-order valence-corrected chi connectivity index (χ4v) is 4.71. The Bertz CT molecular complexity index is 462. The van der Waals surface area contributed by atoms with Crippen LogP contribution in [0.1, 0.15) is 25.3 Å². The summed E-state index contributed by atoms with van der Waals surface area (Å²) in [6.45, 7) is 7.20. The van der Waals surface area contributed by atoms with Crippen molar-refractivity contribution in [2.75, 3.05) is 4.43 Å². The molecule has 0 radical (unpaired) electrons. The monoisotopic (exact) mass is 372 g/mol. The van der Waals surface area contributed by atoms with E-state index in [1.54, 1.807) is 13.8 Å². The molecule has 0 saturated heterocycles. The van der Waals surface area contributed by atoms with Gasteiger partial charge in [0.05, 0.1) is 0 Å². The molecule has 0 aliphatic carbocycles. The van der Waals surface area contributed by atoms with E-state index in [1.165, 1.54) is 0 Å². The number of aromatic nitrogens is 1. The fourth-order valence-electron chi connectivity index (χ4n) is 1.46. The van der Waals surface area contributed by atoms with Gasteiger partial charge in [-0.05, 0) is 19.8 Å². The van der Waals surface area contributed by atoms with Crippen molar-refractivity contribution in [3.05, 3.63) is 11.5 Å². The number of alkyl halides is 1. The topological polar surface area (TPSA) is 72.2 Å². The molecule has 0 fully saturated rings. The molecule has 1 rings (SSSR count). The van der Waals surface area contributed by atoms with E-state index < -0.39 is 10.0 Å². The summed E-state index contributed by atoms with van der Waals surface area (Å²) in [6, 6.07) is -0.0886. The van der Waals surface area contributed by atoms with Crippen molar-refractivity contribution in [1.82, 2.24) is 9.88 Å². The van der Waals surface area contributed by atoms with Gasteiger partial charge in [0.15, 0.2) is 5.76 Å². The van der Waals surface area contributed by atoms with E-state index in [-0.39, 0.29) is 16.9 Å². The van der Waals surface area contributed by atoms with Crippen LogP contribution in [0.15, 0.2) is 9.42 Å². The predicted octanol–water partition coefficient (Wildman–Crippen LogP) is 2.03. The summed E-state index contributed by atoms with van der Waals surface area (Å²) < 4.78 is 32.7. The second-order valence-corrected chi connectivity index (χ2v) is 6.81. The first-order valence-electron chi connectivity index (χ1n) is 5.30. The number of nitrogens with zero attached hydrogens (tertiary/aromatic N) is 1. The molecule has 98 valence electrons. The van der Waals surface area contributed by atoms with Gasteiger partial charge in [0.2, 0.25) is 10.0 Å². The molecule has 0 amide bonds. The van der Waals surface area contributed by atoms with E-state index in [9.17, 15) is 8.42 Å². The molecule has 0 aliphatic heterocycles. The molecule has 1 aromatic rings. The molecular weight excluding hydrogens is 355 g/mol. The van der Waals surface area contributed by atoms with Crippen molar-refractivity contribution in [1.29, 1.82) is 0 Å². The minimum absolute atomic E-state index is 0.0886. The van der Waals surface area contributed by atoms with Crippen LogP contribution in [0.25, 0.3) is 0 Å². The van der Waals surface area contributed by atoms with Crippen LogP contribution in [0.5, 0.6) is 0 Å². The number of sulfonamides is 1. The molecule has 0 aromatic carbocycles. The molecule has 1 heterocycles. The maximum absolute atomic E-state index is 12.2. The maximum Gasteiger partial charge on any atom is 0.246 e. The van der Waals surface area contributed by atoms with Crippen molar-refractivity contribution >= 4 is 32.6 Å². The number of hydrogen-bond donors (Lipinski definition) is 1. The summed E-state index contributed by atoms with van der Waals surface area (Å²) in [5, 5.41) is 3.66. The standard InChI is InChI=1S/C10H17IN2O3S/c1-6(2)9(5-11)13-17(14,15)10-7(3)12-16-8(10)4/h6,9,13H,5H2,1-4H3. The van der Waals surface area contributed by atoms with Gasteiger partial charge in [-0.25, -0.2) is 13.1 Å². The molecule has 5 nitrogen and oxygen atoms in total. The predicted molar refractivity (Wildman–Crippen MR) is 73.8 cm³/mol. The average molecular weight is 372 g/mol. The lowest BCUT2D eigenvalue weighted by Gasteiger charge is -2.19. The normalized spacial score (nSPS) is 14.2. The number of halogens is 1. The number of hydrogen-bond acceptors (Lipinski definition) is 4. The Morgan fingerprint density at radius 2 is 2.00 bits per heavy atom. The molecular formula is C10H17IN2O3S. The van der Waals surface area contributed by atoms with Gasteiger partial charge >= 0.3 is 0 Å². The van der Waals surface area contributed by atoms with E-state index in [1.807, 2.05) is 13.8 Å². The third-order valence-electron chi connectivity index (χ3n) is 2.51. The van der Waals surface area contributed by atoms with E-state index in [0.717, 1.165) is 4.43 Å². The van der Waals surface area contributed by atoms with Crippen LogP contribution in [-0.2, 0) is 10.0 Å². The van der Waals surface area contributed by atoms with Crippen molar-refractivity contribution in [3.8, 4) is 0 Å². The first-order valence-corrected chi connectivity index (χ1v) is 8.31. The first-order chi connectivity index (χ1) is 7.79. The summed E-state index contributed by atoms with van der Waals surface area (Å²) in [5.41, 5.74) is 0.394. The molecule has 17 heavy (non-hydrogen) atoms. The molecule has 1 aromatic heterocycles. The molecule has 1 N–H and O–H groups in total. The van der Waals surface area contributed by atoms with Crippen LogP contribution in [-0.4, -0.2) is 24.0 Å². The second-order valence-electron chi connectivity index (χ2n) is 4.28. The summed E-state index contributed by atoms with van der Waals surface area (Å²) in [4.78, 5) is 0.160. The Balaban J connectivity index is 3.05. The third-order valence-corrected chi connectivity index (χ3v) is 5.20. The molecule has 0 spiro atoms. The zero-order valence-corrected chi connectivity index (χ0v) is 13.3. The van der Waals surface area contributed by atoms with Gasteiger partial charge in [-0.15, -0.1) is 0 Å². The van der Waals surface area contributed by atoms with Gasteiger partial charge in [0.1, 0.15) is 10.6 Å². The Labute approximate surface area is 116 Å². The van der Waals surface area contributed by atoms with E-state index in [0.29, 0.717) is 11.5 Å². The van der Waals surface area contributed by atoms with Gasteiger partial charge in [-0.2, -0.15) is 0 Å². The molecule has 1 unspecified atom stereocenters.